The van der Waals surface area contributed by atoms with Crippen LogP contribution < -0.4 is 0 Å². The molecule has 0 aromatic rings. The molecule has 0 spiro atoms. The summed E-state index contributed by atoms with van der Waals surface area (Å²) in [6, 6.07) is 0. The Balaban J connectivity index is 0.000000172. The van der Waals surface area contributed by atoms with Gasteiger partial charge in [-0.1, -0.05) is 125 Å². The Hall–Kier alpha value is -0.890. The molecule has 0 amide bonds. The fourth-order valence-corrected chi connectivity index (χ4v) is 17.3. The molecule has 2 heteroatoms. The molecule has 6 fully saturated rings. The third kappa shape index (κ3) is 7.90. The standard InChI is InChI=1S/C27H46O.C27H44O/c2*1-18(2)7-6-8-19(3)23-11-12-24-22-10-9-20-17-21(28)13-15-26(20,4)25(22)14-16-27(23,24)5/h9,18-19,21-25,28H,6-8,10-17H2,1-5H3;17-19,22-25H,6-16H2,1-5H3/t19?,21-,22-,23+,24-,25-,26-,27+;19?,22-,23+,24-,25-,26-,27+/m00/s1. The molecule has 0 aliphatic heterocycles. The first-order valence-corrected chi connectivity index (χ1v) is 25.1. The van der Waals surface area contributed by atoms with Crippen LogP contribution in [0.5, 0.6) is 0 Å². The maximum absolute atomic E-state index is 12.0. The molecule has 2 nitrogen and oxygen atoms in total. The van der Waals surface area contributed by atoms with Crippen LogP contribution in [0.2, 0.25) is 0 Å². The smallest absolute Gasteiger partial charge is 0.155 e. The van der Waals surface area contributed by atoms with Gasteiger partial charge in [-0.25, -0.2) is 0 Å². The Kier molecular flexibility index (Phi) is 13.0. The Morgan fingerprint density at radius 2 is 1.12 bits per heavy atom. The van der Waals surface area contributed by atoms with E-state index in [1.807, 2.05) is 0 Å². The first kappa shape index (κ1) is 43.2. The molecule has 0 radical (unpaired) electrons. The number of hydrogen-bond acceptors (Lipinski definition) is 2. The number of fused-ring (bicyclic) bond motifs is 10. The van der Waals surface area contributed by atoms with E-state index in [0.717, 1.165) is 96.7 Å². The number of carbonyl (C=O) groups excluding carboxylic acids is 1. The van der Waals surface area contributed by atoms with E-state index in [0.29, 0.717) is 27.4 Å². The van der Waals surface area contributed by atoms with Crippen molar-refractivity contribution in [2.45, 2.75) is 217 Å². The average molecular weight is 771 g/mol. The molecule has 0 aromatic carbocycles. The van der Waals surface area contributed by atoms with Gasteiger partial charge in [0, 0.05) is 6.42 Å². The predicted octanol–water partition coefficient (Wildman–Crippen LogP) is 15.0. The summed E-state index contributed by atoms with van der Waals surface area (Å²) >= 11 is 0. The van der Waals surface area contributed by atoms with E-state index in [4.69, 9.17) is 0 Å². The van der Waals surface area contributed by atoms with Crippen molar-refractivity contribution in [2.75, 3.05) is 0 Å². The molecule has 8 aliphatic carbocycles. The van der Waals surface area contributed by atoms with Gasteiger partial charge in [-0.15, -0.1) is 0 Å². The Morgan fingerprint density at radius 3 is 1.70 bits per heavy atom. The molecule has 56 heavy (non-hydrogen) atoms. The zero-order chi connectivity index (χ0) is 40.2. The van der Waals surface area contributed by atoms with Crippen LogP contribution >= 0.6 is 0 Å². The molecular formula is C54H90O2. The number of aliphatic hydroxyl groups is 1. The first-order valence-electron chi connectivity index (χ1n) is 25.1. The van der Waals surface area contributed by atoms with Gasteiger partial charge in [0.05, 0.1) is 6.10 Å². The topological polar surface area (TPSA) is 37.3 Å². The van der Waals surface area contributed by atoms with E-state index in [9.17, 15) is 9.90 Å². The second kappa shape index (κ2) is 16.9. The fourth-order valence-electron chi connectivity index (χ4n) is 17.3. The summed E-state index contributed by atoms with van der Waals surface area (Å²) in [5.41, 5.74) is 5.04. The highest BCUT2D eigenvalue weighted by Gasteiger charge is 2.61. The molecule has 0 saturated heterocycles. The van der Waals surface area contributed by atoms with E-state index in [1.165, 1.54) is 121 Å². The summed E-state index contributed by atoms with van der Waals surface area (Å²) in [7, 11) is 0. The van der Waals surface area contributed by atoms with E-state index < -0.39 is 0 Å². The summed E-state index contributed by atoms with van der Waals surface area (Å²) in [5.74, 6) is 11.2. The van der Waals surface area contributed by atoms with Crippen molar-refractivity contribution < 1.29 is 9.90 Å². The van der Waals surface area contributed by atoms with E-state index in [2.05, 4.69) is 81.4 Å². The normalized spacial score (nSPS) is 45.2. The van der Waals surface area contributed by atoms with Crippen LogP contribution in [-0.2, 0) is 4.79 Å². The molecule has 6 saturated carbocycles. The van der Waals surface area contributed by atoms with Gasteiger partial charge >= 0.3 is 0 Å². The molecule has 0 bridgehead atoms. The minimum Gasteiger partial charge on any atom is -0.393 e. The fraction of sp³-hybridized carbons (Fsp3) is 0.907. The van der Waals surface area contributed by atoms with Gasteiger partial charge in [0.15, 0.2) is 5.78 Å². The monoisotopic (exact) mass is 771 g/mol. The Bertz CT molecular complexity index is 1440. The predicted molar refractivity (Wildman–Crippen MR) is 237 cm³/mol. The number of rotatable bonds is 10. The van der Waals surface area contributed by atoms with Gasteiger partial charge in [-0.05, 0) is 195 Å². The van der Waals surface area contributed by atoms with Crippen molar-refractivity contribution in [3.8, 4) is 0 Å². The van der Waals surface area contributed by atoms with Crippen molar-refractivity contribution in [1.82, 2.24) is 0 Å². The number of hydrogen-bond donors (Lipinski definition) is 1. The number of carbonyl (C=O) groups is 1. The molecule has 0 aromatic heterocycles. The van der Waals surface area contributed by atoms with Gasteiger partial charge in [0.1, 0.15) is 0 Å². The van der Waals surface area contributed by atoms with Gasteiger partial charge < -0.3 is 5.11 Å². The molecule has 318 valence electrons. The van der Waals surface area contributed by atoms with Crippen LogP contribution in [0.15, 0.2) is 23.3 Å². The second-order valence-corrected chi connectivity index (χ2v) is 24.2. The van der Waals surface area contributed by atoms with Crippen LogP contribution in [0.1, 0.15) is 210 Å². The van der Waals surface area contributed by atoms with Gasteiger partial charge in [-0.3, -0.25) is 4.79 Å². The maximum Gasteiger partial charge on any atom is 0.155 e. The lowest BCUT2D eigenvalue weighted by Crippen LogP contribution is -2.50. The number of aliphatic hydroxyl groups excluding tert-OH is 1. The SMILES string of the molecule is CC(C)CCCC(C)[C@H]1CC[C@H]2[C@@H]3CC=C4C[C@@H](O)CC[C@]4(C)[C@H]3CC[C@]12C.CC(C)CCCC(C)[C@H]1CC[C@H]2[C@@H]3CCC4=CC(=O)CC[C@]4(C)[C@H]3CC[C@]12C. The lowest BCUT2D eigenvalue weighted by atomic mass is 9.46. The van der Waals surface area contributed by atoms with E-state index in [1.54, 1.807) is 5.57 Å². The zero-order valence-electron chi connectivity index (χ0n) is 38.6. The van der Waals surface area contributed by atoms with Crippen molar-refractivity contribution in [1.29, 1.82) is 0 Å². The third-order valence-corrected chi connectivity index (χ3v) is 20.4. The maximum atomic E-state index is 12.0. The highest BCUT2D eigenvalue weighted by atomic mass is 16.3. The van der Waals surface area contributed by atoms with Crippen LogP contribution in [0.3, 0.4) is 0 Å². The summed E-state index contributed by atoms with van der Waals surface area (Å²) < 4.78 is 0. The first-order chi connectivity index (χ1) is 26.5. The average Bonchev–Trinajstić information content (AvgIpc) is 3.69. The van der Waals surface area contributed by atoms with Crippen LogP contribution in [-0.4, -0.2) is 17.0 Å². The third-order valence-electron chi connectivity index (χ3n) is 20.4. The molecule has 2 unspecified atom stereocenters. The Morgan fingerprint density at radius 1 is 0.589 bits per heavy atom. The molecule has 8 rings (SSSR count). The highest BCUT2D eigenvalue weighted by molar-refractivity contribution is 5.91. The van der Waals surface area contributed by atoms with Crippen molar-refractivity contribution in [3.05, 3.63) is 23.3 Å². The van der Waals surface area contributed by atoms with Crippen molar-refractivity contribution in [2.24, 2.45) is 92.7 Å². The number of allylic oxidation sites excluding steroid dienone is 2. The molecule has 1 N–H and O–H groups in total. The van der Waals surface area contributed by atoms with Crippen LogP contribution in [0.25, 0.3) is 0 Å². The minimum atomic E-state index is -0.0766. The second-order valence-electron chi connectivity index (χ2n) is 24.2. The van der Waals surface area contributed by atoms with Gasteiger partial charge in [0.2, 0.25) is 0 Å². The van der Waals surface area contributed by atoms with E-state index >= 15 is 0 Å². The highest BCUT2D eigenvalue weighted by Crippen LogP contribution is 2.69. The molecule has 0 heterocycles. The quantitative estimate of drug-likeness (QED) is 0.225. The summed E-state index contributed by atoms with van der Waals surface area (Å²) in [5, 5.41) is 10.2. The molecular weight excluding hydrogens is 681 g/mol. The summed E-state index contributed by atoms with van der Waals surface area (Å²) in [6.07, 6.45) is 33.7. The minimum absolute atomic E-state index is 0.0766. The Labute approximate surface area is 347 Å². The van der Waals surface area contributed by atoms with Crippen LogP contribution in [0, 0.1) is 92.7 Å². The summed E-state index contributed by atoms with van der Waals surface area (Å²) in [6.45, 7) is 25.1. The zero-order valence-corrected chi connectivity index (χ0v) is 38.6. The van der Waals surface area contributed by atoms with Crippen molar-refractivity contribution >= 4 is 5.78 Å². The van der Waals surface area contributed by atoms with Gasteiger partial charge in [-0.2, -0.15) is 0 Å². The van der Waals surface area contributed by atoms with E-state index in [-0.39, 0.29) is 6.10 Å². The number of ketones is 1. The molecule has 15 atom stereocenters. The van der Waals surface area contributed by atoms with Crippen molar-refractivity contribution in [3.63, 3.8) is 0 Å². The lowest BCUT2D eigenvalue weighted by molar-refractivity contribution is -0.117. The van der Waals surface area contributed by atoms with Gasteiger partial charge in [0.25, 0.3) is 0 Å². The summed E-state index contributed by atoms with van der Waals surface area (Å²) in [4.78, 5) is 12.0. The van der Waals surface area contributed by atoms with Crippen LogP contribution in [0.4, 0.5) is 0 Å². The largest absolute Gasteiger partial charge is 0.393 e. The molecule has 8 aliphatic rings. The lowest BCUT2D eigenvalue weighted by Gasteiger charge is -2.58.